The van der Waals surface area contributed by atoms with Crippen LogP contribution in [0.3, 0.4) is 0 Å². The highest BCUT2D eigenvalue weighted by Crippen LogP contribution is 2.17. The highest BCUT2D eigenvalue weighted by Gasteiger charge is 2.32. The van der Waals surface area contributed by atoms with Crippen LogP contribution in [0.4, 0.5) is 0 Å². The number of aliphatic hydroxyl groups is 2. The molecule has 102 valence electrons. The van der Waals surface area contributed by atoms with E-state index in [4.69, 9.17) is 4.74 Å². The summed E-state index contributed by atoms with van der Waals surface area (Å²) in [4.78, 5) is 13.5. The molecule has 1 saturated heterocycles. The standard InChI is InChI=1S/C14H17NO4/c1-2-7-19-11-5-3-10(4-6-11)14(18)15-8-12(16)13(17)9-15/h2-6,12-13,16-17H,1,7-9H2. The fourth-order valence-electron chi connectivity index (χ4n) is 1.97. The van der Waals surface area contributed by atoms with E-state index in [9.17, 15) is 15.0 Å². The van der Waals surface area contributed by atoms with Crippen molar-refractivity contribution in [3.8, 4) is 5.75 Å². The summed E-state index contributed by atoms with van der Waals surface area (Å²) in [7, 11) is 0. The van der Waals surface area contributed by atoms with Gasteiger partial charge in [-0.2, -0.15) is 0 Å². The lowest BCUT2D eigenvalue weighted by Crippen LogP contribution is -2.29. The van der Waals surface area contributed by atoms with Crippen molar-refractivity contribution >= 4 is 5.91 Å². The lowest BCUT2D eigenvalue weighted by atomic mass is 10.2. The topological polar surface area (TPSA) is 70.0 Å². The molecule has 1 aliphatic heterocycles. The molecule has 1 aromatic rings. The van der Waals surface area contributed by atoms with Gasteiger partial charge in [0.1, 0.15) is 12.4 Å². The second-order valence-corrected chi connectivity index (χ2v) is 4.47. The molecule has 0 spiro atoms. The summed E-state index contributed by atoms with van der Waals surface area (Å²) in [6, 6.07) is 6.75. The van der Waals surface area contributed by atoms with Gasteiger partial charge in [-0.1, -0.05) is 12.7 Å². The molecule has 0 aliphatic carbocycles. The molecule has 2 unspecified atom stereocenters. The second-order valence-electron chi connectivity index (χ2n) is 4.47. The fourth-order valence-corrected chi connectivity index (χ4v) is 1.97. The zero-order valence-electron chi connectivity index (χ0n) is 10.5. The Bertz CT molecular complexity index is 447. The smallest absolute Gasteiger partial charge is 0.254 e. The summed E-state index contributed by atoms with van der Waals surface area (Å²) in [6.45, 7) is 4.29. The van der Waals surface area contributed by atoms with E-state index in [0.29, 0.717) is 17.9 Å². The van der Waals surface area contributed by atoms with Crippen LogP contribution in [-0.4, -0.2) is 52.9 Å². The maximum absolute atomic E-state index is 12.1. The molecule has 1 fully saturated rings. The second kappa shape index (κ2) is 5.86. The van der Waals surface area contributed by atoms with Gasteiger partial charge in [0.2, 0.25) is 0 Å². The Balaban J connectivity index is 2.01. The first kappa shape index (κ1) is 13.6. The summed E-state index contributed by atoms with van der Waals surface area (Å²) in [5, 5.41) is 18.9. The number of hydrogen-bond donors (Lipinski definition) is 2. The van der Waals surface area contributed by atoms with Crippen LogP contribution in [0, 0.1) is 0 Å². The lowest BCUT2D eigenvalue weighted by Gasteiger charge is -2.15. The van der Waals surface area contributed by atoms with E-state index in [0.717, 1.165) is 0 Å². The quantitative estimate of drug-likeness (QED) is 0.773. The van der Waals surface area contributed by atoms with E-state index in [-0.39, 0.29) is 19.0 Å². The van der Waals surface area contributed by atoms with Crippen LogP contribution in [-0.2, 0) is 0 Å². The zero-order chi connectivity index (χ0) is 13.8. The Morgan fingerprint density at radius 2 is 1.89 bits per heavy atom. The van der Waals surface area contributed by atoms with Gasteiger partial charge in [0.15, 0.2) is 0 Å². The molecule has 5 nitrogen and oxygen atoms in total. The number of carbonyl (C=O) groups is 1. The monoisotopic (exact) mass is 263 g/mol. The minimum atomic E-state index is -0.862. The zero-order valence-corrected chi connectivity index (χ0v) is 10.5. The molecule has 0 aromatic heterocycles. The van der Waals surface area contributed by atoms with E-state index in [1.54, 1.807) is 30.3 Å². The average Bonchev–Trinajstić information content (AvgIpc) is 2.76. The van der Waals surface area contributed by atoms with Crippen molar-refractivity contribution in [2.75, 3.05) is 19.7 Å². The van der Waals surface area contributed by atoms with Gasteiger partial charge < -0.3 is 19.8 Å². The highest BCUT2D eigenvalue weighted by molar-refractivity contribution is 5.94. The molecule has 0 saturated carbocycles. The number of carbonyl (C=O) groups excluding carboxylic acids is 1. The summed E-state index contributed by atoms with van der Waals surface area (Å²) in [5.41, 5.74) is 0.507. The molecule has 1 aliphatic rings. The van der Waals surface area contributed by atoms with E-state index in [1.165, 1.54) is 4.90 Å². The molecule has 1 aromatic carbocycles. The lowest BCUT2D eigenvalue weighted by molar-refractivity contribution is 0.0572. The number of β-amino-alcohol motifs (C(OH)–C–C–N with tert-alkyl or cyclic N) is 2. The van der Waals surface area contributed by atoms with Crippen molar-refractivity contribution in [1.29, 1.82) is 0 Å². The van der Waals surface area contributed by atoms with Crippen LogP contribution >= 0.6 is 0 Å². The Kier molecular flexibility index (Phi) is 4.19. The number of hydrogen-bond acceptors (Lipinski definition) is 4. The first-order chi connectivity index (χ1) is 9.11. The van der Waals surface area contributed by atoms with E-state index in [2.05, 4.69) is 6.58 Å². The summed E-state index contributed by atoms with van der Waals surface area (Å²) < 4.78 is 5.33. The molecule has 19 heavy (non-hydrogen) atoms. The largest absolute Gasteiger partial charge is 0.490 e. The van der Waals surface area contributed by atoms with Crippen molar-refractivity contribution in [2.45, 2.75) is 12.2 Å². The van der Waals surface area contributed by atoms with Gasteiger partial charge in [0, 0.05) is 18.7 Å². The Hall–Kier alpha value is -1.85. The van der Waals surface area contributed by atoms with Gasteiger partial charge in [-0.05, 0) is 24.3 Å². The fraction of sp³-hybridized carbons (Fsp3) is 0.357. The molecule has 2 rings (SSSR count). The number of likely N-dealkylation sites (tertiary alicyclic amines) is 1. The van der Waals surface area contributed by atoms with Gasteiger partial charge in [0.05, 0.1) is 12.2 Å². The number of nitrogens with zero attached hydrogens (tertiary/aromatic N) is 1. The first-order valence-corrected chi connectivity index (χ1v) is 6.11. The maximum Gasteiger partial charge on any atom is 0.254 e. The van der Waals surface area contributed by atoms with Gasteiger partial charge >= 0.3 is 0 Å². The van der Waals surface area contributed by atoms with Gasteiger partial charge in [-0.15, -0.1) is 0 Å². The van der Waals surface area contributed by atoms with Crippen molar-refractivity contribution < 1.29 is 19.7 Å². The maximum atomic E-state index is 12.1. The van der Waals surface area contributed by atoms with Crippen molar-refractivity contribution in [3.63, 3.8) is 0 Å². The number of rotatable bonds is 4. The van der Waals surface area contributed by atoms with Crippen LogP contribution in [0.15, 0.2) is 36.9 Å². The van der Waals surface area contributed by atoms with Crippen LogP contribution in [0.1, 0.15) is 10.4 Å². The Morgan fingerprint density at radius 1 is 1.32 bits per heavy atom. The molecular weight excluding hydrogens is 246 g/mol. The number of benzene rings is 1. The minimum Gasteiger partial charge on any atom is -0.490 e. The minimum absolute atomic E-state index is 0.161. The molecule has 1 amide bonds. The van der Waals surface area contributed by atoms with E-state index < -0.39 is 12.2 Å². The molecule has 2 N–H and O–H groups in total. The van der Waals surface area contributed by atoms with Crippen molar-refractivity contribution in [2.24, 2.45) is 0 Å². The van der Waals surface area contributed by atoms with E-state index >= 15 is 0 Å². The van der Waals surface area contributed by atoms with Crippen LogP contribution in [0.5, 0.6) is 5.75 Å². The van der Waals surface area contributed by atoms with Crippen molar-refractivity contribution in [1.82, 2.24) is 4.90 Å². The molecule has 2 atom stereocenters. The molecular formula is C14H17NO4. The van der Waals surface area contributed by atoms with Crippen LogP contribution in [0.25, 0.3) is 0 Å². The van der Waals surface area contributed by atoms with Gasteiger partial charge in [-0.25, -0.2) is 0 Å². The van der Waals surface area contributed by atoms with Crippen LogP contribution < -0.4 is 4.74 Å². The van der Waals surface area contributed by atoms with Gasteiger partial charge in [0.25, 0.3) is 5.91 Å². The third-order valence-electron chi connectivity index (χ3n) is 3.02. The number of ether oxygens (including phenoxy) is 1. The van der Waals surface area contributed by atoms with Crippen LogP contribution in [0.2, 0.25) is 0 Å². The number of amides is 1. The Labute approximate surface area is 111 Å². The van der Waals surface area contributed by atoms with Gasteiger partial charge in [-0.3, -0.25) is 4.79 Å². The molecule has 0 radical (unpaired) electrons. The highest BCUT2D eigenvalue weighted by atomic mass is 16.5. The third-order valence-corrected chi connectivity index (χ3v) is 3.02. The predicted octanol–water partition coefficient (Wildman–Crippen LogP) is 0.429. The normalized spacial score (nSPS) is 22.3. The van der Waals surface area contributed by atoms with Crippen molar-refractivity contribution in [3.05, 3.63) is 42.5 Å². The SMILES string of the molecule is C=CCOc1ccc(C(=O)N2CC(O)C(O)C2)cc1. The Morgan fingerprint density at radius 3 is 2.42 bits per heavy atom. The summed E-state index contributed by atoms with van der Waals surface area (Å²) in [5.74, 6) is 0.462. The number of aliphatic hydroxyl groups excluding tert-OH is 2. The molecule has 0 bridgehead atoms. The predicted molar refractivity (Wildman–Crippen MR) is 70.1 cm³/mol. The molecule has 5 heteroatoms. The third kappa shape index (κ3) is 3.13. The van der Waals surface area contributed by atoms with E-state index in [1.807, 2.05) is 0 Å². The summed E-state index contributed by atoms with van der Waals surface area (Å²) >= 11 is 0. The average molecular weight is 263 g/mol. The first-order valence-electron chi connectivity index (χ1n) is 6.11. The molecule has 1 heterocycles. The summed E-state index contributed by atoms with van der Waals surface area (Å²) in [6.07, 6.45) is -0.0789.